The van der Waals surface area contributed by atoms with Crippen molar-refractivity contribution in [2.45, 2.75) is 37.8 Å². The molecule has 5 nitrogen and oxygen atoms in total. The van der Waals surface area contributed by atoms with Gasteiger partial charge in [-0.15, -0.1) is 11.3 Å². The van der Waals surface area contributed by atoms with Crippen LogP contribution in [0, 0.1) is 13.8 Å². The number of fused-ring (bicyclic) bond motifs is 1. The highest BCUT2D eigenvalue weighted by molar-refractivity contribution is 7.91. The van der Waals surface area contributed by atoms with Crippen molar-refractivity contribution in [3.05, 3.63) is 62.3 Å². The van der Waals surface area contributed by atoms with Crippen LogP contribution in [0.5, 0.6) is 0 Å². The number of benzene rings is 1. The highest BCUT2D eigenvalue weighted by Crippen LogP contribution is 2.22. The van der Waals surface area contributed by atoms with Crippen LogP contribution in [0.3, 0.4) is 0 Å². The molecule has 26 heavy (non-hydrogen) atoms. The zero-order valence-corrected chi connectivity index (χ0v) is 16.7. The van der Waals surface area contributed by atoms with E-state index in [1.165, 1.54) is 11.3 Å². The van der Waals surface area contributed by atoms with Gasteiger partial charge >= 0.3 is 0 Å². The molecule has 1 aromatic carbocycles. The number of hydrogen-bond acceptors (Lipinski definition) is 4. The normalized spacial score (nSPS) is 12.0. The quantitative estimate of drug-likeness (QED) is 0.678. The highest BCUT2D eigenvalue weighted by Gasteiger charge is 2.16. The lowest BCUT2D eigenvalue weighted by Gasteiger charge is -2.07. The minimum Gasteiger partial charge on any atom is -0.322 e. The van der Waals surface area contributed by atoms with E-state index in [0.717, 1.165) is 33.3 Å². The Morgan fingerprint density at radius 3 is 2.54 bits per heavy atom. The Kier molecular flexibility index (Phi) is 5.32. The molecule has 0 aliphatic heterocycles. The maximum Gasteiger partial charge on any atom is 0.251 e. The average Bonchev–Trinajstić information content (AvgIpc) is 3.07. The molecule has 0 aliphatic carbocycles. The summed E-state index contributed by atoms with van der Waals surface area (Å²) in [5.74, 6) is 0. The number of aromatic amines is 1. The lowest BCUT2D eigenvalue weighted by atomic mass is 10.0. The lowest BCUT2D eigenvalue weighted by Crippen LogP contribution is -2.27. The van der Waals surface area contributed by atoms with Crippen LogP contribution in [0.1, 0.15) is 28.5 Å². The number of sulfonamides is 1. The first-order valence-electron chi connectivity index (χ1n) is 8.51. The Balaban J connectivity index is 1.76. The van der Waals surface area contributed by atoms with Gasteiger partial charge in [0.25, 0.3) is 5.56 Å². The van der Waals surface area contributed by atoms with E-state index in [-0.39, 0.29) is 12.1 Å². The number of rotatable bonds is 6. The summed E-state index contributed by atoms with van der Waals surface area (Å²) in [5.41, 5.74) is 3.47. The van der Waals surface area contributed by atoms with Crippen molar-refractivity contribution in [2.75, 3.05) is 6.54 Å². The van der Waals surface area contributed by atoms with Crippen LogP contribution in [0.25, 0.3) is 10.9 Å². The Labute approximate surface area is 157 Å². The molecule has 138 valence electrons. The number of aryl methyl sites for hydroxylation is 3. The first kappa shape index (κ1) is 18.8. The molecule has 0 radical (unpaired) electrons. The van der Waals surface area contributed by atoms with Crippen molar-refractivity contribution >= 4 is 32.3 Å². The molecule has 3 rings (SSSR count). The molecule has 0 atom stereocenters. The molecule has 0 aliphatic rings. The fraction of sp³-hybridized carbons (Fsp3) is 0.316. The van der Waals surface area contributed by atoms with E-state index >= 15 is 0 Å². The molecule has 3 aromatic rings. The van der Waals surface area contributed by atoms with Crippen LogP contribution in [-0.2, 0) is 22.9 Å². The van der Waals surface area contributed by atoms with Gasteiger partial charge in [-0.1, -0.05) is 6.92 Å². The van der Waals surface area contributed by atoms with Crippen molar-refractivity contribution in [3.63, 3.8) is 0 Å². The van der Waals surface area contributed by atoms with E-state index in [2.05, 4.69) is 9.71 Å². The third-order valence-electron chi connectivity index (χ3n) is 4.47. The fourth-order valence-corrected chi connectivity index (χ4v) is 5.16. The number of pyridine rings is 1. The Morgan fingerprint density at radius 2 is 1.85 bits per heavy atom. The number of H-pyrrole nitrogens is 1. The molecule has 0 saturated heterocycles. The Hall–Kier alpha value is -1.96. The van der Waals surface area contributed by atoms with Gasteiger partial charge in [-0.25, -0.2) is 13.1 Å². The van der Waals surface area contributed by atoms with Gasteiger partial charge in [0.05, 0.1) is 0 Å². The molecule has 0 saturated carbocycles. The minimum atomic E-state index is -3.53. The molecular formula is C19H22N2O3S2. The fourth-order valence-electron chi connectivity index (χ4n) is 2.79. The number of hydrogen-bond donors (Lipinski definition) is 2. The van der Waals surface area contributed by atoms with E-state index in [4.69, 9.17) is 0 Å². The van der Waals surface area contributed by atoms with Crippen molar-refractivity contribution in [2.24, 2.45) is 0 Å². The number of nitrogens with one attached hydrogen (secondary N) is 2. The second kappa shape index (κ2) is 7.34. The zero-order valence-electron chi connectivity index (χ0n) is 15.0. The molecule has 2 aromatic heterocycles. The molecule has 0 amide bonds. The van der Waals surface area contributed by atoms with Crippen molar-refractivity contribution < 1.29 is 8.42 Å². The van der Waals surface area contributed by atoms with Gasteiger partial charge in [-0.05, 0) is 73.5 Å². The minimum absolute atomic E-state index is 0.177. The first-order valence-corrected chi connectivity index (χ1v) is 10.8. The predicted octanol–water partition coefficient (Wildman–Crippen LogP) is 3.29. The van der Waals surface area contributed by atoms with Crippen molar-refractivity contribution in [3.8, 4) is 0 Å². The van der Waals surface area contributed by atoms with E-state index in [1.807, 2.05) is 45.0 Å². The molecule has 7 heteroatoms. The van der Waals surface area contributed by atoms with Gasteiger partial charge in [-0.2, -0.15) is 0 Å². The maximum absolute atomic E-state index is 12.3. The van der Waals surface area contributed by atoms with Gasteiger partial charge in [0.15, 0.2) is 0 Å². The van der Waals surface area contributed by atoms with Crippen molar-refractivity contribution in [1.29, 1.82) is 0 Å². The molecule has 2 heterocycles. The maximum atomic E-state index is 12.3. The summed E-state index contributed by atoms with van der Waals surface area (Å²) >= 11 is 1.28. The van der Waals surface area contributed by atoms with E-state index in [1.54, 1.807) is 6.07 Å². The summed E-state index contributed by atoms with van der Waals surface area (Å²) in [6.45, 7) is 6.20. The van der Waals surface area contributed by atoms with Crippen LogP contribution in [0.15, 0.2) is 39.3 Å². The third kappa shape index (κ3) is 3.90. The SMILES string of the molecule is CCc1ccc(S(=O)(=O)NCCc2cc3cc(C)c(C)cc3[nH]c2=O)s1. The summed E-state index contributed by atoms with van der Waals surface area (Å²) in [7, 11) is -3.53. The summed E-state index contributed by atoms with van der Waals surface area (Å²) < 4.78 is 27.6. The van der Waals surface area contributed by atoms with Gasteiger partial charge in [0.1, 0.15) is 4.21 Å². The van der Waals surface area contributed by atoms with Gasteiger partial charge < -0.3 is 4.98 Å². The number of aromatic nitrogens is 1. The van der Waals surface area contributed by atoms with Gasteiger partial charge in [-0.3, -0.25) is 4.79 Å². The van der Waals surface area contributed by atoms with Crippen molar-refractivity contribution in [1.82, 2.24) is 9.71 Å². The zero-order chi connectivity index (χ0) is 18.9. The van der Waals surface area contributed by atoms with E-state index in [0.29, 0.717) is 16.2 Å². The third-order valence-corrected chi connectivity index (χ3v) is 7.65. The topological polar surface area (TPSA) is 79.0 Å². The second-order valence-electron chi connectivity index (χ2n) is 6.37. The molecule has 0 spiro atoms. The van der Waals surface area contributed by atoms with Crippen LogP contribution < -0.4 is 10.3 Å². The molecule has 0 bridgehead atoms. The Morgan fingerprint density at radius 1 is 1.12 bits per heavy atom. The molecule has 0 fully saturated rings. The predicted molar refractivity (Wildman–Crippen MR) is 107 cm³/mol. The summed E-state index contributed by atoms with van der Waals surface area (Å²) in [4.78, 5) is 16.2. The molecule has 0 unspecified atom stereocenters. The van der Waals surface area contributed by atoms with E-state index < -0.39 is 10.0 Å². The standard InChI is InChI=1S/C19H22N2O3S2/c1-4-16-5-6-18(25-16)26(23,24)20-8-7-14-11-15-9-12(2)13(3)10-17(15)21-19(14)22/h5-6,9-11,20H,4,7-8H2,1-3H3,(H,21,22). The largest absolute Gasteiger partial charge is 0.322 e. The Bertz CT molecular complexity index is 1110. The summed E-state index contributed by atoms with van der Waals surface area (Å²) in [6, 6.07) is 9.29. The van der Waals surface area contributed by atoms with E-state index in [9.17, 15) is 13.2 Å². The summed E-state index contributed by atoms with van der Waals surface area (Å²) in [5, 5.41) is 0.955. The molecular weight excluding hydrogens is 368 g/mol. The van der Waals surface area contributed by atoms with Gasteiger partial charge in [0, 0.05) is 22.5 Å². The molecule has 2 N–H and O–H groups in total. The van der Waals surface area contributed by atoms with Crippen LogP contribution in [-0.4, -0.2) is 19.9 Å². The van der Waals surface area contributed by atoms with Gasteiger partial charge in [0.2, 0.25) is 10.0 Å². The average molecular weight is 391 g/mol. The number of thiophene rings is 1. The summed E-state index contributed by atoms with van der Waals surface area (Å²) in [6.07, 6.45) is 1.15. The highest BCUT2D eigenvalue weighted by atomic mass is 32.2. The van der Waals surface area contributed by atoms with Crippen LogP contribution in [0.4, 0.5) is 0 Å². The first-order chi connectivity index (χ1) is 12.3. The van der Waals surface area contributed by atoms with Crippen LogP contribution in [0.2, 0.25) is 0 Å². The monoisotopic (exact) mass is 390 g/mol. The lowest BCUT2D eigenvalue weighted by molar-refractivity contribution is 0.583. The van der Waals surface area contributed by atoms with Crippen LogP contribution >= 0.6 is 11.3 Å². The smallest absolute Gasteiger partial charge is 0.251 e. The second-order valence-corrected chi connectivity index (χ2v) is 9.53.